The monoisotopic (exact) mass is 488 g/mol. The predicted octanol–water partition coefficient (Wildman–Crippen LogP) is 2.78. The van der Waals surface area contributed by atoms with Crippen LogP contribution in [0.5, 0.6) is 17.2 Å². The number of rotatable bonds is 8. The average Bonchev–Trinajstić information content (AvgIpc) is 2.92. The van der Waals surface area contributed by atoms with Crippen molar-refractivity contribution < 1.29 is 23.8 Å². The van der Waals surface area contributed by atoms with Gasteiger partial charge in [-0.1, -0.05) is 18.2 Å². The molecule has 0 spiro atoms. The molecule has 0 unspecified atom stereocenters. The first-order valence-electron chi connectivity index (χ1n) is 10.9. The lowest BCUT2D eigenvalue weighted by Crippen LogP contribution is -2.35. The first-order valence-corrected chi connectivity index (χ1v) is 10.9. The Bertz CT molecular complexity index is 1480. The highest BCUT2D eigenvalue weighted by Gasteiger charge is 2.18. The first kappa shape index (κ1) is 24.3. The topological polar surface area (TPSA) is 121 Å². The van der Waals surface area contributed by atoms with Gasteiger partial charge in [-0.05, 0) is 42.5 Å². The van der Waals surface area contributed by atoms with Crippen LogP contribution in [0.2, 0.25) is 0 Å². The minimum atomic E-state index is -0.601. The van der Waals surface area contributed by atoms with Gasteiger partial charge in [0.1, 0.15) is 5.75 Å². The molecule has 10 heteroatoms. The minimum Gasteiger partial charge on any atom is -0.497 e. The maximum absolute atomic E-state index is 13.1. The highest BCUT2D eigenvalue weighted by atomic mass is 16.5. The van der Waals surface area contributed by atoms with Crippen LogP contribution in [0.1, 0.15) is 10.5 Å². The van der Waals surface area contributed by atoms with E-state index in [-0.39, 0.29) is 17.8 Å². The maximum Gasteiger partial charge on any atom is 0.279 e. The van der Waals surface area contributed by atoms with Crippen LogP contribution in [0.15, 0.2) is 71.5 Å². The summed E-state index contributed by atoms with van der Waals surface area (Å²) in [4.78, 5) is 38.6. The molecule has 0 radical (unpaired) electrons. The smallest absolute Gasteiger partial charge is 0.279 e. The molecule has 0 bridgehead atoms. The Balaban J connectivity index is 1.57. The molecule has 0 fully saturated rings. The molecule has 36 heavy (non-hydrogen) atoms. The van der Waals surface area contributed by atoms with E-state index in [4.69, 9.17) is 14.2 Å². The standard InChI is InChI=1S/C26H24N4O6/c1-34-18-11-9-17(10-12-18)30-26(33)20-7-5-4-6-19(20)24(29-30)25(32)27-15-23(31)28-16-8-13-21(35-2)22(14-16)36-3/h4-14H,15H2,1-3H3,(H,27,32)(H,28,31). The SMILES string of the molecule is COc1ccc(-n2nc(C(=O)NCC(=O)Nc3ccc(OC)c(OC)c3)c3ccccc3c2=O)cc1. The number of nitrogens with zero attached hydrogens (tertiary/aromatic N) is 2. The second kappa shape index (κ2) is 10.6. The maximum atomic E-state index is 13.1. The normalized spacial score (nSPS) is 10.5. The molecule has 0 aliphatic heterocycles. The average molecular weight is 489 g/mol. The number of methoxy groups -OCH3 is 3. The second-order valence-electron chi connectivity index (χ2n) is 7.61. The molecule has 0 saturated carbocycles. The van der Waals surface area contributed by atoms with Crippen molar-refractivity contribution in [2.45, 2.75) is 0 Å². The van der Waals surface area contributed by atoms with E-state index in [0.29, 0.717) is 39.4 Å². The van der Waals surface area contributed by atoms with E-state index < -0.39 is 11.8 Å². The Kier molecular flexibility index (Phi) is 7.15. The molecule has 0 saturated heterocycles. The summed E-state index contributed by atoms with van der Waals surface area (Å²) in [6, 6.07) is 18.3. The second-order valence-corrected chi connectivity index (χ2v) is 7.61. The molecule has 10 nitrogen and oxygen atoms in total. The van der Waals surface area contributed by atoms with Gasteiger partial charge < -0.3 is 24.8 Å². The minimum absolute atomic E-state index is 0.0138. The summed E-state index contributed by atoms with van der Waals surface area (Å²) >= 11 is 0. The van der Waals surface area contributed by atoms with Crippen molar-refractivity contribution >= 4 is 28.3 Å². The van der Waals surface area contributed by atoms with Crippen molar-refractivity contribution in [3.05, 3.63) is 82.8 Å². The van der Waals surface area contributed by atoms with Crippen LogP contribution in [-0.2, 0) is 4.79 Å². The summed E-state index contributed by atoms with van der Waals surface area (Å²) < 4.78 is 16.7. The van der Waals surface area contributed by atoms with E-state index in [2.05, 4.69) is 15.7 Å². The number of aromatic nitrogens is 2. The van der Waals surface area contributed by atoms with Crippen molar-refractivity contribution in [1.82, 2.24) is 15.1 Å². The molecule has 4 rings (SSSR count). The van der Waals surface area contributed by atoms with Gasteiger partial charge in [0.05, 0.1) is 38.9 Å². The van der Waals surface area contributed by atoms with Gasteiger partial charge in [0.2, 0.25) is 5.91 Å². The molecule has 1 heterocycles. The molecule has 1 aromatic heterocycles. The van der Waals surface area contributed by atoms with E-state index in [1.807, 2.05) is 0 Å². The van der Waals surface area contributed by atoms with Crippen molar-refractivity contribution in [2.75, 3.05) is 33.2 Å². The lowest BCUT2D eigenvalue weighted by molar-refractivity contribution is -0.115. The number of benzene rings is 3. The number of ether oxygens (including phenoxy) is 3. The molecule has 2 N–H and O–H groups in total. The molecule has 4 aromatic rings. The molecule has 184 valence electrons. The summed E-state index contributed by atoms with van der Waals surface area (Å²) in [6.45, 7) is -0.315. The molecule has 3 aromatic carbocycles. The predicted molar refractivity (Wildman–Crippen MR) is 134 cm³/mol. The summed E-state index contributed by atoms with van der Waals surface area (Å²) in [5.74, 6) is 0.537. The fourth-order valence-corrected chi connectivity index (χ4v) is 3.62. The molecule has 0 aliphatic carbocycles. The van der Waals surface area contributed by atoms with Crippen LogP contribution in [-0.4, -0.2) is 49.5 Å². The Hall–Kier alpha value is -4.86. The Morgan fingerprint density at radius 1 is 0.861 bits per heavy atom. The zero-order valence-electron chi connectivity index (χ0n) is 19.9. The van der Waals surface area contributed by atoms with Crippen molar-refractivity contribution in [2.24, 2.45) is 0 Å². The fraction of sp³-hybridized carbons (Fsp3) is 0.154. The summed E-state index contributed by atoms with van der Waals surface area (Å²) in [5.41, 5.74) is 0.578. The van der Waals surface area contributed by atoms with Gasteiger partial charge in [-0.25, -0.2) is 0 Å². The third kappa shape index (κ3) is 4.97. The van der Waals surface area contributed by atoms with Crippen molar-refractivity contribution in [3.63, 3.8) is 0 Å². The number of fused-ring (bicyclic) bond motifs is 1. The quantitative estimate of drug-likeness (QED) is 0.391. The summed E-state index contributed by atoms with van der Waals surface area (Å²) in [6.07, 6.45) is 0. The zero-order chi connectivity index (χ0) is 25.7. The van der Waals surface area contributed by atoms with Crippen LogP contribution < -0.4 is 30.4 Å². The number of amides is 2. The van der Waals surface area contributed by atoms with Gasteiger partial charge >= 0.3 is 0 Å². The number of anilines is 1. The Morgan fingerprint density at radius 3 is 2.22 bits per heavy atom. The van der Waals surface area contributed by atoms with Crippen LogP contribution >= 0.6 is 0 Å². The van der Waals surface area contributed by atoms with Crippen LogP contribution in [0.25, 0.3) is 16.5 Å². The Morgan fingerprint density at radius 2 is 1.56 bits per heavy atom. The van der Waals surface area contributed by atoms with E-state index in [0.717, 1.165) is 4.68 Å². The van der Waals surface area contributed by atoms with Crippen LogP contribution in [0.4, 0.5) is 5.69 Å². The molecular formula is C26H24N4O6. The van der Waals surface area contributed by atoms with E-state index in [1.54, 1.807) is 73.8 Å². The van der Waals surface area contributed by atoms with Gasteiger partial charge in [-0.2, -0.15) is 9.78 Å². The van der Waals surface area contributed by atoms with E-state index >= 15 is 0 Å². The Labute approximate surface area is 206 Å². The van der Waals surface area contributed by atoms with E-state index in [1.165, 1.54) is 14.2 Å². The van der Waals surface area contributed by atoms with Crippen molar-refractivity contribution in [1.29, 1.82) is 0 Å². The van der Waals surface area contributed by atoms with Gasteiger partial charge in [0.25, 0.3) is 11.5 Å². The molecule has 0 aliphatic rings. The number of hydrogen-bond donors (Lipinski definition) is 2. The first-order chi connectivity index (χ1) is 17.4. The van der Waals surface area contributed by atoms with Gasteiger partial charge in [-0.3, -0.25) is 14.4 Å². The molecule has 0 atom stereocenters. The highest BCUT2D eigenvalue weighted by molar-refractivity contribution is 6.06. The van der Waals surface area contributed by atoms with Gasteiger partial charge in [0.15, 0.2) is 17.2 Å². The molecule has 2 amide bonds. The molecular weight excluding hydrogens is 464 g/mol. The number of carbonyl (C=O) groups excluding carboxylic acids is 2. The summed E-state index contributed by atoms with van der Waals surface area (Å²) in [5, 5.41) is 10.3. The zero-order valence-corrected chi connectivity index (χ0v) is 19.9. The lowest BCUT2D eigenvalue weighted by Gasteiger charge is -2.12. The largest absolute Gasteiger partial charge is 0.497 e. The highest BCUT2D eigenvalue weighted by Crippen LogP contribution is 2.29. The lowest BCUT2D eigenvalue weighted by atomic mass is 10.1. The number of carbonyl (C=O) groups is 2. The van der Waals surface area contributed by atoms with Crippen LogP contribution in [0, 0.1) is 0 Å². The number of hydrogen-bond acceptors (Lipinski definition) is 7. The van der Waals surface area contributed by atoms with Gasteiger partial charge in [-0.15, -0.1) is 0 Å². The number of nitrogens with one attached hydrogen (secondary N) is 2. The third-order valence-electron chi connectivity index (χ3n) is 5.41. The van der Waals surface area contributed by atoms with Gasteiger partial charge in [0, 0.05) is 17.1 Å². The van der Waals surface area contributed by atoms with Crippen molar-refractivity contribution in [3.8, 4) is 22.9 Å². The summed E-state index contributed by atoms with van der Waals surface area (Å²) in [7, 11) is 4.55. The van der Waals surface area contributed by atoms with Crippen LogP contribution in [0.3, 0.4) is 0 Å². The third-order valence-corrected chi connectivity index (χ3v) is 5.41. The fourth-order valence-electron chi connectivity index (χ4n) is 3.62. The van der Waals surface area contributed by atoms with E-state index in [9.17, 15) is 14.4 Å².